The van der Waals surface area contributed by atoms with Crippen molar-refractivity contribution in [3.63, 3.8) is 0 Å². The summed E-state index contributed by atoms with van der Waals surface area (Å²) in [4.78, 5) is 17.3. The van der Waals surface area contributed by atoms with Crippen molar-refractivity contribution >= 4 is 45.7 Å². The molecule has 24 heavy (non-hydrogen) atoms. The molecule has 0 aliphatic rings. The van der Waals surface area contributed by atoms with E-state index in [1.165, 1.54) is 11.3 Å². The summed E-state index contributed by atoms with van der Waals surface area (Å²) < 4.78 is 0. The van der Waals surface area contributed by atoms with Crippen LogP contribution in [0.4, 0.5) is 5.13 Å². The van der Waals surface area contributed by atoms with Crippen LogP contribution in [0.3, 0.4) is 0 Å². The first-order valence-electron chi connectivity index (χ1n) is 7.14. The van der Waals surface area contributed by atoms with Gasteiger partial charge < -0.3 is 5.32 Å². The summed E-state index contributed by atoms with van der Waals surface area (Å²) in [5.74, 6) is 0.597. The molecule has 5 nitrogen and oxygen atoms in total. The molecular formula is C16H13ClN4OS2. The third-order valence-corrected chi connectivity index (χ3v) is 5.09. The van der Waals surface area contributed by atoms with Crippen LogP contribution in [0.25, 0.3) is 10.7 Å². The number of rotatable bonds is 6. The molecule has 2 heterocycles. The highest BCUT2D eigenvalue weighted by molar-refractivity contribution is 7.99. The summed E-state index contributed by atoms with van der Waals surface area (Å²) in [5, 5.41) is 12.7. The Bertz CT molecular complexity index is 808. The molecule has 0 saturated carbocycles. The molecule has 2 aromatic heterocycles. The Hall–Kier alpha value is -1.96. The zero-order valence-corrected chi connectivity index (χ0v) is 14.9. The molecule has 8 heteroatoms. The van der Waals surface area contributed by atoms with Gasteiger partial charge in [-0.05, 0) is 36.4 Å². The lowest BCUT2D eigenvalue weighted by Gasteiger charge is -2.02. The van der Waals surface area contributed by atoms with Crippen molar-refractivity contribution in [3.8, 4) is 10.7 Å². The number of benzene rings is 1. The highest BCUT2D eigenvalue weighted by Gasteiger charge is 2.10. The number of pyridine rings is 1. The van der Waals surface area contributed by atoms with Crippen LogP contribution in [0.2, 0.25) is 5.02 Å². The third kappa shape index (κ3) is 4.77. The van der Waals surface area contributed by atoms with E-state index in [1.54, 1.807) is 18.0 Å². The molecule has 122 valence electrons. The number of nitrogens with zero attached hydrogens (tertiary/aromatic N) is 3. The smallest absolute Gasteiger partial charge is 0.227 e. The average Bonchev–Trinajstić information content (AvgIpc) is 3.06. The van der Waals surface area contributed by atoms with Crippen LogP contribution in [0, 0.1) is 0 Å². The van der Waals surface area contributed by atoms with Gasteiger partial charge in [-0.25, -0.2) is 0 Å². The Labute approximate surface area is 152 Å². The number of aromatic nitrogens is 3. The maximum atomic E-state index is 12.0. The lowest BCUT2D eigenvalue weighted by atomic mass is 10.4. The van der Waals surface area contributed by atoms with E-state index in [9.17, 15) is 4.79 Å². The van der Waals surface area contributed by atoms with Gasteiger partial charge in [0.05, 0.1) is 0 Å². The molecule has 0 bridgehead atoms. The van der Waals surface area contributed by atoms with E-state index in [0.717, 1.165) is 10.6 Å². The van der Waals surface area contributed by atoms with Gasteiger partial charge in [-0.3, -0.25) is 9.78 Å². The number of hydrogen-bond donors (Lipinski definition) is 1. The predicted molar refractivity (Wildman–Crippen MR) is 98.6 cm³/mol. The summed E-state index contributed by atoms with van der Waals surface area (Å²) >= 11 is 8.76. The standard InChI is InChI=1S/C16H13ClN4OS2/c17-11-4-6-12(7-5-11)23-10-8-14(22)19-16-21-20-15(24-16)13-3-1-2-9-18-13/h1-7,9H,8,10H2,(H,19,21,22). The second-order valence-corrected chi connectivity index (χ2v) is 7.31. The quantitative estimate of drug-likeness (QED) is 0.647. The number of carbonyl (C=O) groups is 1. The van der Waals surface area contributed by atoms with Crippen LogP contribution in [0.5, 0.6) is 0 Å². The number of anilines is 1. The van der Waals surface area contributed by atoms with Crippen molar-refractivity contribution in [3.05, 3.63) is 53.7 Å². The first kappa shape index (κ1) is 16.9. The summed E-state index contributed by atoms with van der Waals surface area (Å²) in [7, 11) is 0. The Kier molecular flexibility index (Phi) is 5.79. The van der Waals surface area contributed by atoms with Crippen molar-refractivity contribution in [1.82, 2.24) is 15.2 Å². The van der Waals surface area contributed by atoms with Gasteiger partial charge in [0.15, 0.2) is 5.01 Å². The molecular weight excluding hydrogens is 364 g/mol. The molecule has 3 rings (SSSR count). The van der Waals surface area contributed by atoms with Crippen molar-refractivity contribution < 1.29 is 4.79 Å². The number of nitrogens with one attached hydrogen (secondary N) is 1. The van der Waals surface area contributed by atoms with E-state index in [-0.39, 0.29) is 5.91 Å². The van der Waals surface area contributed by atoms with Gasteiger partial charge in [0.2, 0.25) is 11.0 Å². The van der Waals surface area contributed by atoms with Crippen LogP contribution in [-0.4, -0.2) is 26.8 Å². The monoisotopic (exact) mass is 376 g/mol. The van der Waals surface area contributed by atoms with E-state index >= 15 is 0 Å². The lowest BCUT2D eigenvalue weighted by molar-refractivity contribution is -0.115. The topological polar surface area (TPSA) is 67.8 Å². The number of thioether (sulfide) groups is 1. The van der Waals surface area contributed by atoms with E-state index in [4.69, 9.17) is 11.6 Å². The van der Waals surface area contributed by atoms with Crippen molar-refractivity contribution in [2.45, 2.75) is 11.3 Å². The largest absolute Gasteiger partial charge is 0.300 e. The SMILES string of the molecule is O=C(CCSc1ccc(Cl)cc1)Nc1nnc(-c2ccccn2)s1. The van der Waals surface area contributed by atoms with Crippen LogP contribution < -0.4 is 5.32 Å². The maximum Gasteiger partial charge on any atom is 0.227 e. The zero-order valence-electron chi connectivity index (χ0n) is 12.5. The van der Waals surface area contributed by atoms with Gasteiger partial charge in [-0.15, -0.1) is 22.0 Å². The van der Waals surface area contributed by atoms with Crippen molar-refractivity contribution in [2.24, 2.45) is 0 Å². The highest BCUT2D eigenvalue weighted by atomic mass is 35.5. The van der Waals surface area contributed by atoms with Crippen molar-refractivity contribution in [1.29, 1.82) is 0 Å². The fraction of sp³-hybridized carbons (Fsp3) is 0.125. The third-order valence-electron chi connectivity index (χ3n) is 2.97. The van der Waals surface area contributed by atoms with Gasteiger partial charge in [0.1, 0.15) is 5.69 Å². The van der Waals surface area contributed by atoms with Gasteiger partial charge in [-0.1, -0.05) is 29.0 Å². The Morgan fingerprint density at radius 1 is 1.17 bits per heavy atom. The fourth-order valence-corrected chi connectivity index (χ4v) is 3.55. The molecule has 0 fully saturated rings. The molecule has 0 radical (unpaired) electrons. The molecule has 3 aromatic rings. The molecule has 1 N–H and O–H groups in total. The lowest BCUT2D eigenvalue weighted by Crippen LogP contribution is -2.11. The van der Waals surface area contributed by atoms with E-state index < -0.39 is 0 Å². The Morgan fingerprint density at radius 3 is 2.75 bits per heavy atom. The first-order valence-corrected chi connectivity index (χ1v) is 9.32. The average molecular weight is 377 g/mol. The fourth-order valence-electron chi connectivity index (χ4n) is 1.84. The minimum Gasteiger partial charge on any atom is -0.300 e. The minimum absolute atomic E-state index is 0.0832. The Balaban J connectivity index is 1.48. The number of hydrogen-bond acceptors (Lipinski definition) is 6. The summed E-state index contributed by atoms with van der Waals surface area (Å²) in [6.45, 7) is 0. The van der Waals surface area contributed by atoms with Crippen LogP contribution in [-0.2, 0) is 4.79 Å². The van der Waals surface area contributed by atoms with Gasteiger partial charge in [0, 0.05) is 28.3 Å². The van der Waals surface area contributed by atoms with Gasteiger partial charge >= 0.3 is 0 Å². The number of carbonyl (C=O) groups excluding carboxylic acids is 1. The molecule has 0 spiro atoms. The second-order valence-electron chi connectivity index (χ2n) is 4.73. The van der Waals surface area contributed by atoms with Crippen LogP contribution in [0.15, 0.2) is 53.6 Å². The predicted octanol–water partition coefficient (Wildman–Crippen LogP) is 4.37. The molecule has 0 unspecified atom stereocenters. The minimum atomic E-state index is -0.0832. The maximum absolute atomic E-state index is 12.0. The van der Waals surface area contributed by atoms with E-state index in [1.807, 2.05) is 42.5 Å². The normalized spacial score (nSPS) is 10.5. The molecule has 0 atom stereocenters. The van der Waals surface area contributed by atoms with E-state index in [2.05, 4.69) is 20.5 Å². The molecule has 1 amide bonds. The van der Waals surface area contributed by atoms with Gasteiger partial charge in [-0.2, -0.15) is 0 Å². The number of halogens is 1. The molecule has 1 aromatic carbocycles. The summed E-state index contributed by atoms with van der Waals surface area (Å²) in [6.07, 6.45) is 2.09. The molecule has 0 aliphatic heterocycles. The van der Waals surface area contributed by atoms with E-state index in [0.29, 0.717) is 27.3 Å². The molecule has 0 aliphatic carbocycles. The summed E-state index contributed by atoms with van der Waals surface area (Å²) in [6, 6.07) is 13.1. The van der Waals surface area contributed by atoms with Gasteiger partial charge in [0.25, 0.3) is 0 Å². The van der Waals surface area contributed by atoms with Crippen LogP contribution >= 0.6 is 34.7 Å². The first-order chi connectivity index (χ1) is 11.7. The zero-order chi connectivity index (χ0) is 16.8. The summed E-state index contributed by atoms with van der Waals surface area (Å²) in [5.41, 5.74) is 0.744. The molecule has 0 saturated heterocycles. The number of amides is 1. The van der Waals surface area contributed by atoms with Crippen molar-refractivity contribution in [2.75, 3.05) is 11.1 Å². The second kappa shape index (κ2) is 8.23. The highest BCUT2D eigenvalue weighted by Crippen LogP contribution is 2.25. The Morgan fingerprint density at radius 2 is 2.00 bits per heavy atom. The van der Waals surface area contributed by atoms with Crippen LogP contribution in [0.1, 0.15) is 6.42 Å².